The van der Waals surface area contributed by atoms with Crippen LogP contribution in [0.1, 0.15) is 20.9 Å². The minimum Gasteiger partial charge on any atom is -0.438 e. The SMILES string of the molecule is O=C1O[C@](c2nc3ccccc3s2)(C(F)(F)F)Cc2ccccc21. The number of cyclic esters (lactones) is 1. The van der Waals surface area contributed by atoms with Crippen molar-refractivity contribution in [1.82, 2.24) is 4.98 Å². The summed E-state index contributed by atoms with van der Waals surface area (Å²) in [6.45, 7) is 0. The maximum Gasteiger partial charge on any atom is 0.435 e. The van der Waals surface area contributed by atoms with Crippen molar-refractivity contribution >= 4 is 27.5 Å². The second-order valence-corrected chi connectivity index (χ2v) is 6.57. The van der Waals surface area contributed by atoms with Crippen LogP contribution in [0, 0.1) is 0 Å². The minimum absolute atomic E-state index is 0.165. The number of halogens is 3. The second-order valence-electron chi connectivity index (χ2n) is 5.53. The first-order valence-electron chi connectivity index (χ1n) is 7.15. The maximum absolute atomic E-state index is 14.0. The predicted octanol–water partition coefficient (Wildman–Crippen LogP) is 4.47. The highest BCUT2D eigenvalue weighted by atomic mass is 32.1. The van der Waals surface area contributed by atoms with Crippen LogP contribution in [-0.2, 0) is 16.8 Å². The molecule has 3 aromatic rings. The van der Waals surface area contributed by atoms with Crippen LogP contribution in [0.3, 0.4) is 0 Å². The Kier molecular flexibility index (Phi) is 3.18. The van der Waals surface area contributed by atoms with Gasteiger partial charge in [-0.15, -0.1) is 11.3 Å². The third-order valence-electron chi connectivity index (χ3n) is 4.04. The van der Waals surface area contributed by atoms with Gasteiger partial charge in [-0.25, -0.2) is 9.78 Å². The van der Waals surface area contributed by atoms with Gasteiger partial charge in [0.1, 0.15) is 5.01 Å². The summed E-state index contributed by atoms with van der Waals surface area (Å²) >= 11 is 0.898. The fourth-order valence-electron chi connectivity index (χ4n) is 2.83. The van der Waals surface area contributed by atoms with Crippen molar-refractivity contribution in [3.63, 3.8) is 0 Å². The van der Waals surface area contributed by atoms with Gasteiger partial charge in [0.25, 0.3) is 5.60 Å². The number of fused-ring (bicyclic) bond motifs is 2. The summed E-state index contributed by atoms with van der Waals surface area (Å²) in [6.07, 6.45) is -5.25. The molecule has 0 saturated carbocycles. The van der Waals surface area contributed by atoms with E-state index in [2.05, 4.69) is 4.98 Å². The van der Waals surface area contributed by atoms with Crippen molar-refractivity contribution in [2.75, 3.05) is 0 Å². The van der Waals surface area contributed by atoms with E-state index < -0.39 is 24.2 Å². The Morgan fingerprint density at radius 1 is 1.08 bits per heavy atom. The van der Waals surface area contributed by atoms with E-state index in [1.54, 1.807) is 36.4 Å². The van der Waals surface area contributed by atoms with E-state index in [0.29, 0.717) is 15.8 Å². The molecule has 24 heavy (non-hydrogen) atoms. The van der Waals surface area contributed by atoms with Crippen LogP contribution in [0.15, 0.2) is 48.5 Å². The van der Waals surface area contributed by atoms with Crippen molar-refractivity contribution in [3.8, 4) is 0 Å². The molecule has 0 unspecified atom stereocenters. The van der Waals surface area contributed by atoms with Crippen LogP contribution < -0.4 is 0 Å². The second kappa shape index (κ2) is 5.04. The first kappa shape index (κ1) is 15.1. The number of thiazole rings is 1. The van der Waals surface area contributed by atoms with Crippen molar-refractivity contribution < 1.29 is 22.7 Å². The predicted molar refractivity (Wildman–Crippen MR) is 82.9 cm³/mol. The van der Waals surface area contributed by atoms with E-state index in [-0.39, 0.29) is 10.6 Å². The molecule has 0 spiro atoms. The van der Waals surface area contributed by atoms with Gasteiger partial charge in [-0.2, -0.15) is 13.2 Å². The van der Waals surface area contributed by atoms with Crippen LogP contribution in [0.2, 0.25) is 0 Å². The molecule has 0 saturated heterocycles. The summed E-state index contributed by atoms with van der Waals surface area (Å²) in [7, 11) is 0. The number of para-hydroxylation sites is 1. The lowest BCUT2D eigenvalue weighted by molar-refractivity contribution is -0.267. The fourth-order valence-corrected chi connectivity index (χ4v) is 3.95. The van der Waals surface area contributed by atoms with Gasteiger partial charge in [0.15, 0.2) is 0 Å². The summed E-state index contributed by atoms with van der Waals surface area (Å²) < 4.78 is 47.5. The zero-order valence-corrected chi connectivity index (χ0v) is 12.9. The lowest BCUT2D eigenvalue weighted by Gasteiger charge is -2.37. The van der Waals surface area contributed by atoms with Crippen LogP contribution in [0.25, 0.3) is 10.2 Å². The molecule has 2 heterocycles. The first-order chi connectivity index (χ1) is 11.4. The average Bonchev–Trinajstić information content (AvgIpc) is 2.98. The molecule has 122 valence electrons. The number of alkyl halides is 3. The van der Waals surface area contributed by atoms with Gasteiger partial charge in [-0.05, 0) is 23.8 Å². The van der Waals surface area contributed by atoms with Gasteiger partial charge in [-0.1, -0.05) is 30.3 Å². The van der Waals surface area contributed by atoms with E-state index in [0.717, 1.165) is 11.3 Å². The molecule has 4 rings (SSSR count). The van der Waals surface area contributed by atoms with Crippen molar-refractivity contribution in [1.29, 1.82) is 0 Å². The number of hydrogen-bond donors (Lipinski definition) is 0. The first-order valence-corrected chi connectivity index (χ1v) is 7.96. The molecule has 1 atom stereocenters. The smallest absolute Gasteiger partial charge is 0.435 e. The number of rotatable bonds is 1. The lowest BCUT2D eigenvalue weighted by Crippen LogP contribution is -2.50. The van der Waals surface area contributed by atoms with Crippen molar-refractivity contribution in [2.45, 2.75) is 18.2 Å². The van der Waals surface area contributed by atoms with Crippen molar-refractivity contribution in [3.05, 3.63) is 64.7 Å². The van der Waals surface area contributed by atoms with Crippen LogP contribution in [0.5, 0.6) is 0 Å². The Hall–Kier alpha value is -2.41. The summed E-state index contributed by atoms with van der Waals surface area (Å²) in [6, 6.07) is 13.0. The fraction of sp³-hybridized carbons (Fsp3) is 0.176. The summed E-state index contributed by atoms with van der Waals surface area (Å²) in [4.78, 5) is 16.3. The molecule has 1 aromatic heterocycles. The largest absolute Gasteiger partial charge is 0.438 e. The highest BCUT2D eigenvalue weighted by molar-refractivity contribution is 7.18. The number of carbonyl (C=O) groups excluding carboxylic acids is 1. The summed E-state index contributed by atoms with van der Waals surface area (Å²) in [5.74, 6) is -0.978. The van der Waals surface area contributed by atoms with E-state index in [9.17, 15) is 18.0 Å². The number of nitrogens with zero attached hydrogens (tertiary/aromatic N) is 1. The standard InChI is InChI=1S/C17H10F3NO2S/c18-17(19,20)16(15-21-12-7-3-4-8-13(12)24-15)9-10-5-1-2-6-11(10)14(22)23-16/h1-8H,9H2/t16-/m1/s1. The Morgan fingerprint density at radius 2 is 1.79 bits per heavy atom. The molecule has 7 heteroatoms. The van der Waals surface area contributed by atoms with E-state index >= 15 is 0 Å². The number of aromatic nitrogens is 1. The van der Waals surface area contributed by atoms with Gasteiger partial charge in [0.05, 0.1) is 15.8 Å². The Labute approximate surface area is 138 Å². The number of hydrogen-bond acceptors (Lipinski definition) is 4. The van der Waals surface area contributed by atoms with Crippen LogP contribution in [0.4, 0.5) is 13.2 Å². The number of carbonyl (C=O) groups is 1. The zero-order chi connectivity index (χ0) is 16.9. The van der Waals surface area contributed by atoms with Gasteiger partial charge in [0, 0.05) is 6.42 Å². The molecule has 0 radical (unpaired) electrons. The maximum atomic E-state index is 14.0. The number of ether oxygens (including phenoxy) is 1. The quantitative estimate of drug-likeness (QED) is 0.609. The Balaban J connectivity index is 1.94. The van der Waals surface area contributed by atoms with Gasteiger partial charge >= 0.3 is 12.1 Å². The third-order valence-corrected chi connectivity index (χ3v) is 5.22. The normalized spacial score (nSPS) is 20.7. The topological polar surface area (TPSA) is 39.2 Å². The van der Waals surface area contributed by atoms with Gasteiger partial charge < -0.3 is 4.74 Å². The van der Waals surface area contributed by atoms with Gasteiger partial charge in [-0.3, -0.25) is 0 Å². The number of esters is 1. The minimum atomic E-state index is -4.77. The molecule has 0 amide bonds. The van der Waals surface area contributed by atoms with Gasteiger partial charge in [0.2, 0.25) is 0 Å². The van der Waals surface area contributed by atoms with E-state index in [1.807, 2.05) is 0 Å². The van der Waals surface area contributed by atoms with Crippen LogP contribution >= 0.6 is 11.3 Å². The molecule has 2 aromatic carbocycles. The molecular formula is C17H10F3NO2S. The zero-order valence-electron chi connectivity index (χ0n) is 12.1. The van der Waals surface area contributed by atoms with Crippen LogP contribution in [-0.4, -0.2) is 17.1 Å². The highest BCUT2D eigenvalue weighted by Crippen LogP contribution is 2.49. The molecule has 3 nitrogen and oxygen atoms in total. The average molecular weight is 349 g/mol. The molecule has 0 bridgehead atoms. The third kappa shape index (κ3) is 2.11. The molecule has 1 aliphatic rings. The molecule has 0 fully saturated rings. The van der Waals surface area contributed by atoms with Crippen molar-refractivity contribution in [2.24, 2.45) is 0 Å². The number of benzene rings is 2. The lowest BCUT2D eigenvalue weighted by atomic mass is 9.88. The summed E-state index contributed by atoms with van der Waals surface area (Å²) in [5, 5.41) is -0.251. The molecule has 0 aliphatic carbocycles. The Morgan fingerprint density at radius 3 is 2.54 bits per heavy atom. The summed E-state index contributed by atoms with van der Waals surface area (Å²) in [5.41, 5.74) is -1.82. The molecule has 0 N–H and O–H groups in total. The monoisotopic (exact) mass is 349 g/mol. The van der Waals surface area contributed by atoms with E-state index in [1.165, 1.54) is 12.1 Å². The van der Waals surface area contributed by atoms with E-state index in [4.69, 9.17) is 4.74 Å². The Bertz CT molecular complexity index is 917. The molecular weight excluding hydrogens is 339 g/mol. The molecule has 1 aliphatic heterocycles. The highest BCUT2D eigenvalue weighted by Gasteiger charge is 2.63.